The molecule has 0 aliphatic carbocycles. The van der Waals surface area contributed by atoms with Crippen LogP contribution >= 0.6 is 11.8 Å². The van der Waals surface area contributed by atoms with Crippen LogP contribution in [0.25, 0.3) is 0 Å². The number of thioether (sulfide) groups is 1. The Hall–Kier alpha value is -4.23. The van der Waals surface area contributed by atoms with Gasteiger partial charge in [0.05, 0.1) is 14.2 Å². The molecule has 194 valence electrons. The number of carbonyl (C=O) groups excluding carboxylic acids is 2. The fraction of sp³-hybridized carbons (Fsp3) is 0.161. The Morgan fingerprint density at radius 2 is 1.45 bits per heavy atom. The van der Waals surface area contributed by atoms with E-state index in [1.54, 1.807) is 24.3 Å². The minimum Gasteiger partial charge on any atom is -0.496 e. The molecule has 4 aromatic rings. The Bertz CT molecular complexity index is 1420. The van der Waals surface area contributed by atoms with E-state index in [1.807, 2.05) is 80.6 Å². The normalized spacial score (nSPS) is 11.4. The Balaban J connectivity index is 1.59. The maximum Gasteiger partial charge on any atom is 0.263 e. The van der Waals surface area contributed by atoms with Gasteiger partial charge in [0.2, 0.25) is 5.91 Å². The zero-order valence-electron chi connectivity index (χ0n) is 21.8. The van der Waals surface area contributed by atoms with Crippen molar-refractivity contribution in [3.8, 4) is 11.5 Å². The van der Waals surface area contributed by atoms with E-state index in [2.05, 4.69) is 10.6 Å². The van der Waals surface area contributed by atoms with Crippen molar-refractivity contribution in [2.45, 2.75) is 24.0 Å². The van der Waals surface area contributed by atoms with Crippen LogP contribution in [0.15, 0.2) is 95.9 Å². The zero-order chi connectivity index (χ0) is 27.1. The van der Waals surface area contributed by atoms with Crippen molar-refractivity contribution in [2.75, 3.05) is 24.9 Å². The summed E-state index contributed by atoms with van der Waals surface area (Å²) in [6.45, 7) is 3.97. The molecule has 0 aliphatic heterocycles. The molecule has 0 heterocycles. The van der Waals surface area contributed by atoms with Gasteiger partial charge in [-0.25, -0.2) is 0 Å². The van der Waals surface area contributed by atoms with Crippen molar-refractivity contribution in [3.05, 3.63) is 113 Å². The molecule has 0 aliphatic rings. The predicted molar refractivity (Wildman–Crippen MR) is 154 cm³/mol. The number of ether oxygens (including phenoxy) is 2. The molecule has 4 rings (SSSR count). The maximum atomic E-state index is 13.5. The van der Waals surface area contributed by atoms with Gasteiger partial charge in [0, 0.05) is 16.3 Å². The van der Waals surface area contributed by atoms with Crippen LogP contribution < -0.4 is 20.1 Å². The average molecular weight is 527 g/mol. The molecule has 0 bridgehead atoms. The number of nitrogens with one attached hydrogen (secondary N) is 2. The third-order valence-corrected chi connectivity index (χ3v) is 7.24. The van der Waals surface area contributed by atoms with E-state index < -0.39 is 5.25 Å². The molecule has 1 atom stereocenters. The monoisotopic (exact) mass is 526 g/mol. The van der Waals surface area contributed by atoms with Crippen LogP contribution in [-0.4, -0.2) is 26.0 Å². The molecular weight excluding hydrogens is 496 g/mol. The van der Waals surface area contributed by atoms with E-state index in [0.29, 0.717) is 22.7 Å². The van der Waals surface area contributed by atoms with Crippen LogP contribution in [0.4, 0.5) is 11.4 Å². The van der Waals surface area contributed by atoms with Gasteiger partial charge in [-0.3, -0.25) is 9.59 Å². The van der Waals surface area contributed by atoms with Crippen LogP contribution in [0.3, 0.4) is 0 Å². The fourth-order valence-electron chi connectivity index (χ4n) is 4.02. The summed E-state index contributed by atoms with van der Waals surface area (Å²) in [6.07, 6.45) is 0. The minimum absolute atomic E-state index is 0.122. The van der Waals surface area contributed by atoms with Crippen molar-refractivity contribution < 1.29 is 19.1 Å². The molecular formula is C31H30N2O4S. The minimum atomic E-state index is -0.503. The Labute approximate surface area is 227 Å². The van der Waals surface area contributed by atoms with Crippen LogP contribution in [0.2, 0.25) is 0 Å². The van der Waals surface area contributed by atoms with Gasteiger partial charge < -0.3 is 20.1 Å². The second-order valence-electron chi connectivity index (χ2n) is 8.74. The molecule has 0 saturated heterocycles. The lowest BCUT2D eigenvalue weighted by molar-refractivity contribution is -0.115. The SMILES string of the molecule is COc1cccc(OC)c1C(=O)Nc1cccc(SC(C(=O)Nc2cc(C)ccc2C)c2ccccc2)c1. The maximum absolute atomic E-state index is 13.5. The molecule has 0 radical (unpaired) electrons. The molecule has 6 nitrogen and oxygen atoms in total. The van der Waals surface area contributed by atoms with Crippen molar-refractivity contribution in [2.24, 2.45) is 0 Å². The summed E-state index contributed by atoms with van der Waals surface area (Å²) in [7, 11) is 3.02. The summed E-state index contributed by atoms with van der Waals surface area (Å²) in [4.78, 5) is 27.5. The van der Waals surface area contributed by atoms with E-state index >= 15 is 0 Å². The topological polar surface area (TPSA) is 76.7 Å². The first kappa shape index (κ1) is 26.8. The zero-order valence-corrected chi connectivity index (χ0v) is 22.6. The first-order chi connectivity index (χ1) is 18.4. The van der Waals surface area contributed by atoms with E-state index in [-0.39, 0.29) is 11.8 Å². The lowest BCUT2D eigenvalue weighted by Gasteiger charge is -2.19. The number of benzene rings is 4. The summed E-state index contributed by atoms with van der Waals surface area (Å²) in [5.41, 5.74) is 4.65. The molecule has 0 fully saturated rings. The highest BCUT2D eigenvalue weighted by atomic mass is 32.2. The van der Waals surface area contributed by atoms with Crippen LogP contribution in [0, 0.1) is 13.8 Å². The number of methoxy groups -OCH3 is 2. The molecule has 0 aromatic heterocycles. The van der Waals surface area contributed by atoms with Gasteiger partial charge in [-0.2, -0.15) is 0 Å². The van der Waals surface area contributed by atoms with E-state index in [4.69, 9.17) is 9.47 Å². The smallest absolute Gasteiger partial charge is 0.263 e. The van der Waals surface area contributed by atoms with Gasteiger partial charge in [-0.15, -0.1) is 11.8 Å². The van der Waals surface area contributed by atoms with Crippen molar-refractivity contribution >= 4 is 35.0 Å². The standard InChI is InChI=1S/C31H30N2O4S/c1-20-16-17-21(2)25(18-20)33-31(35)29(22-10-6-5-7-11-22)38-24-13-8-12-23(19-24)32-30(34)28-26(36-3)14-9-15-27(28)37-4/h5-19,29H,1-4H3,(H,32,34)(H,33,35). The molecule has 0 spiro atoms. The molecule has 1 unspecified atom stereocenters. The van der Waals surface area contributed by atoms with Crippen LogP contribution in [-0.2, 0) is 4.79 Å². The Morgan fingerprint density at radius 1 is 0.763 bits per heavy atom. The van der Waals surface area contributed by atoms with Gasteiger partial charge in [0.1, 0.15) is 22.3 Å². The van der Waals surface area contributed by atoms with Gasteiger partial charge in [-0.1, -0.05) is 54.6 Å². The summed E-state index contributed by atoms with van der Waals surface area (Å²) in [5.74, 6) is 0.357. The first-order valence-corrected chi connectivity index (χ1v) is 13.0. The summed E-state index contributed by atoms with van der Waals surface area (Å²) in [6, 6.07) is 28.3. The van der Waals surface area contributed by atoms with Crippen molar-refractivity contribution in [1.82, 2.24) is 0 Å². The molecule has 7 heteroatoms. The van der Waals surface area contributed by atoms with Gasteiger partial charge >= 0.3 is 0 Å². The summed E-state index contributed by atoms with van der Waals surface area (Å²) in [5, 5.41) is 5.53. The Morgan fingerprint density at radius 3 is 2.13 bits per heavy atom. The van der Waals surface area contributed by atoms with Gasteiger partial charge in [-0.05, 0) is 66.9 Å². The number of rotatable bonds is 9. The predicted octanol–water partition coefficient (Wildman–Crippen LogP) is 7.05. The van der Waals surface area contributed by atoms with Crippen LogP contribution in [0.5, 0.6) is 11.5 Å². The van der Waals surface area contributed by atoms with Crippen LogP contribution in [0.1, 0.15) is 32.3 Å². The number of hydrogen-bond acceptors (Lipinski definition) is 5. The lowest BCUT2D eigenvalue weighted by Crippen LogP contribution is -2.19. The van der Waals surface area contributed by atoms with Crippen molar-refractivity contribution in [1.29, 1.82) is 0 Å². The highest BCUT2D eigenvalue weighted by molar-refractivity contribution is 8.00. The highest BCUT2D eigenvalue weighted by Gasteiger charge is 2.23. The number of aryl methyl sites for hydroxylation is 2. The first-order valence-electron chi connectivity index (χ1n) is 12.1. The number of hydrogen-bond donors (Lipinski definition) is 2. The fourth-order valence-corrected chi connectivity index (χ4v) is 5.10. The third kappa shape index (κ3) is 6.36. The van der Waals surface area contributed by atoms with E-state index in [0.717, 1.165) is 27.3 Å². The second-order valence-corrected chi connectivity index (χ2v) is 9.91. The number of amides is 2. The quantitative estimate of drug-likeness (QED) is 0.229. The lowest BCUT2D eigenvalue weighted by atomic mass is 10.1. The molecule has 38 heavy (non-hydrogen) atoms. The summed E-state index contributed by atoms with van der Waals surface area (Å²) < 4.78 is 10.7. The van der Waals surface area contributed by atoms with Gasteiger partial charge in [0.25, 0.3) is 5.91 Å². The second kappa shape index (κ2) is 12.3. The van der Waals surface area contributed by atoms with Crippen molar-refractivity contribution in [3.63, 3.8) is 0 Å². The highest BCUT2D eigenvalue weighted by Crippen LogP contribution is 2.38. The van der Waals surface area contributed by atoms with E-state index in [9.17, 15) is 9.59 Å². The number of anilines is 2. The van der Waals surface area contributed by atoms with E-state index in [1.165, 1.54) is 26.0 Å². The molecule has 4 aromatic carbocycles. The molecule has 0 saturated carbocycles. The largest absolute Gasteiger partial charge is 0.496 e. The summed E-state index contributed by atoms with van der Waals surface area (Å²) >= 11 is 1.42. The van der Waals surface area contributed by atoms with Gasteiger partial charge in [0.15, 0.2) is 0 Å². The molecule has 2 amide bonds. The Kier molecular flexibility index (Phi) is 8.71. The number of carbonyl (C=O) groups is 2. The average Bonchev–Trinajstić information content (AvgIpc) is 2.93. The molecule has 2 N–H and O–H groups in total. The third-order valence-electron chi connectivity index (χ3n) is 5.99.